The van der Waals surface area contributed by atoms with Crippen LogP contribution in [0.15, 0.2) is 24.0 Å². The van der Waals surface area contributed by atoms with E-state index in [-0.39, 0.29) is 35.0 Å². The molecule has 7 atom stereocenters. The highest BCUT2D eigenvalue weighted by Crippen LogP contribution is 2.65. The lowest BCUT2D eigenvalue weighted by molar-refractivity contribution is -0.156. The number of ether oxygens (including phenoxy) is 3. The highest BCUT2D eigenvalue weighted by Gasteiger charge is 2.60. The van der Waals surface area contributed by atoms with Gasteiger partial charge in [0.1, 0.15) is 12.2 Å². The third-order valence-electron chi connectivity index (χ3n) is 8.72. The lowest BCUT2D eigenvalue weighted by Crippen LogP contribution is -2.52. The summed E-state index contributed by atoms with van der Waals surface area (Å²) in [6.45, 7) is 5.38. The SMILES string of the molecule is CO/C=C/[C@]12CC[C@H](OC(C)=O)CC1=CCC1C2CC[C@@]2(C)C1CC[C@@H]2OC(C)=O. The molecule has 0 radical (unpaired) electrons. The molecule has 4 rings (SSSR count). The van der Waals surface area contributed by atoms with Gasteiger partial charge in [-0.15, -0.1) is 0 Å². The van der Waals surface area contributed by atoms with Crippen molar-refractivity contribution in [1.82, 2.24) is 0 Å². The zero-order valence-electron chi connectivity index (χ0n) is 18.8. The van der Waals surface area contributed by atoms with Crippen LogP contribution in [0.5, 0.6) is 0 Å². The minimum atomic E-state index is -0.190. The van der Waals surface area contributed by atoms with E-state index in [0.29, 0.717) is 17.8 Å². The Hall–Kier alpha value is -1.78. The average Bonchev–Trinajstić information content (AvgIpc) is 3.01. The standard InChI is InChI=1S/C25H36O5/c1-16(26)29-19-9-12-25(13-14-28-4)18(15-19)5-6-20-21-7-8-23(30-17(2)27)24(21,3)11-10-22(20)25/h5,13-14,19-23H,6-12,15H2,1-4H3/b14-13+/t19-,20?,21?,22?,23-,24-,25+/m0/s1. The van der Waals surface area contributed by atoms with Crippen LogP contribution in [0.1, 0.15) is 72.1 Å². The van der Waals surface area contributed by atoms with Crippen molar-refractivity contribution in [2.24, 2.45) is 28.6 Å². The van der Waals surface area contributed by atoms with Crippen molar-refractivity contribution in [2.75, 3.05) is 7.11 Å². The summed E-state index contributed by atoms with van der Waals surface area (Å²) in [6, 6.07) is 0. The predicted molar refractivity (Wildman–Crippen MR) is 113 cm³/mol. The Bertz CT molecular complexity index is 755. The fraction of sp³-hybridized carbons (Fsp3) is 0.760. The van der Waals surface area contributed by atoms with Gasteiger partial charge in [-0.1, -0.05) is 18.6 Å². The zero-order chi connectivity index (χ0) is 21.5. The topological polar surface area (TPSA) is 61.8 Å². The molecule has 5 nitrogen and oxygen atoms in total. The number of methoxy groups -OCH3 is 1. The first-order valence-corrected chi connectivity index (χ1v) is 11.5. The number of hydrogen-bond donors (Lipinski definition) is 0. The Labute approximate surface area is 180 Å². The number of hydrogen-bond acceptors (Lipinski definition) is 5. The van der Waals surface area contributed by atoms with Crippen LogP contribution in [0.2, 0.25) is 0 Å². The molecule has 3 unspecified atom stereocenters. The second-order valence-corrected chi connectivity index (χ2v) is 10.1. The van der Waals surface area contributed by atoms with Crippen LogP contribution in [0.4, 0.5) is 0 Å². The average molecular weight is 417 g/mol. The molecule has 0 aromatic carbocycles. The zero-order valence-corrected chi connectivity index (χ0v) is 18.8. The van der Waals surface area contributed by atoms with Crippen LogP contribution in [0.3, 0.4) is 0 Å². The van der Waals surface area contributed by atoms with E-state index in [1.54, 1.807) is 7.11 Å². The maximum atomic E-state index is 11.7. The van der Waals surface area contributed by atoms with Crippen LogP contribution >= 0.6 is 0 Å². The summed E-state index contributed by atoms with van der Waals surface area (Å²) in [5.41, 5.74) is 1.50. The smallest absolute Gasteiger partial charge is 0.302 e. The van der Waals surface area contributed by atoms with Gasteiger partial charge in [-0.05, 0) is 68.8 Å². The molecule has 0 heterocycles. The van der Waals surface area contributed by atoms with E-state index < -0.39 is 0 Å². The number of carbonyl (C=O) groups is 2. The molecule has 3 fully saturated rings. The van der Waals surface area contributed by atoms with Crippen LogP contribution < -0.4 is 0 Å². The second-order valence-electron chi connectivity index (χ2n) is 10.1. The molecule has 0 aliphatic heterocycles. The fourth-order valence-electron chi connectivity index (χ4n) is 7.51. The van der Waals surface area contributed by atoms with E-state index in [9.17, 15) is 9.59 Å². The Morgan fingerprint density at radius 2 is 1.80 bits per heavy atom. The summed E-state index contributed by atoms with van der Waals surface area (Å²) in [5.74, 6) is 1.40. The number of fused-ring (bicyclic) bond motifs is 5. The molecule has 0 N–H and O–H groups in total. The number of rotatable bonds is 4. The van der Waals surface area contributed by atoms with Gasteiger partial charge < -0.3 is 14.2 Å². The molecule has 3 saturated carbocycles. The normalized spacial score (nSPS) is 42.5. The van der Waals surface area contributed by atoms with Crippen molar-refractivity contribution in [3.63, 3.8) is 0 Å². The molecule has 4 aliphatic carbocycles. The molecule has 0 amide bonds. The Kier molecular flexibility index (Phi) is 5.75. The summed E-state index contributed by atoms with van der Waals surface area (Å²) >= 11 is 0. The molecule has 166 valence electrons. The van der Waals surface area contributed by atoms with Gasteiger partial charge in [0, 0.05) is 31.1 Å². The van der Waals surface area contributed by atoms with Crippen LogP contribution in [-0.2, 0) is 23.8 Å². The number of carbonyl (C=O) groups excluding carboxylic acids is 2. The third kappa shape index (κ3) is 3.48. The van der Waals surface area contributed by atoms with E-state index in [1.165, 1.54) is 19.4 Å². The summed E-state index contributed by atoms with van der Waals surface area (Å²) in [4.78, 5) is 23.2. The van der Waals surface area contributed by atoms with E-state index in [4.69, 9.17) is 14.2 Å². The summed E-state index contributed by atoms with van der Waals surface area (Å²) < 4.78 is 16.7. The molecule has 4 aliphatic rings. The first kappa shape index (κ1) is 21.5. The van der Waals surface area contributed by atoms with Crippen molar-refractivity contribution in [2.45, 2.75) is 84.3 Å². The van der Waals surface area contributed by atoms with E-state index in [2.05, 4.69) is 19.1 Å². The summed E-state index contributed by atoms with van der Waals surface area (Å²) in [7, 11) is 1.71. The quantitative estimate of drug-likeness (QED) is 0.368. The Morgan fingerprint density at radius 3 is 2.50 bits per heavy atom. The summed E-state index contributed by atoms with van der Waals surface area (Å²) in [5, 5.41) is 0. The molecule has 0 spiro atoms. The molecule has 0 saturated heterocycles. The Morgan fingerprint density at radius 1 is 1.03 bits per heavy atom. The minimum Gasteiger partial charge on any atom is -0.505 e. The van der Waals surface area contributed by atoms with Gasteiger partial charge in [0.15, 0.2) is 0 Å². The van der Waals surface area contributed by atoms with Gasteiger partial charge in [0.25, 0.3) is 0 Å². The highest BCUT2D eigenvalue weighted by molar-refractivity contribution is 5.66. The second kappa shape index (κ2) is 8.05. The monoisotopic (exact) mass is 416 g/mol. The lowest BCUT2D eigenvalue weighted by Gasteiger charge is -2.57. The lowest BCUT2D eigenvalue weighted by atomic mass is 9.47. The predicted octanol–water partition coefficient (Wildman–Crippen LogP) is 4.95. The van der Waals surface area contributed by atoms with Crippen molar-refractivity contribution in [1.29, 1.82) is 0 Å². The van der Waals surface area contributed by atoms with Crippen LogP contribution in [0.25, 0.3) is 0 Å². The van der Waals surface area contributed by atoms with Gasteiger partial charge in [-0.2, -0.15) is 0 Å². The highest BCUT2D eigenvalue weighted by atomic mass is 16.5. The molecule has 0 bridgehead atoms. The van der Waals surface area contributed by atoms with E-state index in [0.717, 1.165) is 51.4 Å². The maximum absolute atomic E-state index is 11.7. The van der Waals surface area contributed by atoms with Crippen LogP contribution in [-0.4, -0.2) is 31.3 Å². The van der Waals surface area contributed by atoms with Crippen molar-refractivity contribution in [3.05, 3.63) is 24.0 Å². The molecule has 30 heavy (non-hydrogen) atoms. The van der Waals surface area contributed by atoms with Gasteiger partial charge >= 0.3 is 11.9 Å². The van der Waals surface area contributed by atoms with Crippen LogP contribution in [0, 0.1) is 28.6 Å². The first-order valence-electron chi connectivity index (χ1n) is 11.5. The number of esters is 2. The minimum absolute atomic E-state index is 0.00355. The van der Waals surface area contributed by atoms with Crippen molar-refractivity contribution in [3.8, 4) is 0 Å². The summed E-state index contributed by atoms with van der Waals surface area (Å²) in [6.07, 6.45) is 14.8. The number of allylic oxidation sites excluding steroid dienone is 2. The van der Waals surface area contributed by atoms with Gasteiger partial charge in [-0.25, -0.2) is 0 Å². The molecular weight excluding hydrogens is 380 g/mol. The third-order valence-corrected chi connectivity index (χ3v) is 8.72. The Balaban J connectivity index is 1.63. The molecule has 0 aromatic rings. The molecule has 5 heteroatoms. The van der Waals surface area contributed by atoms with E-state index in [1.807, 2.05) is 6.26 Å². The van der Waals surface area contributed by atoms with Gasteiger partial charge in [-0.3, -0.25) is 9.59 Å². The fourth-order valence-corrected chi connectivity index (χ4v) is 7.51. The largest absolute Gasteiger partial charge is 0.505 e. The molecule has 0 aromatic heterocycles. The maximum Gasteiger partial charge on any atom is 0.302 e. The van der Waals surface area contributed by atoms with Gasteiger partial charge in [0.2, 0.25) is 0 Å². The van der Waals surface area contributed by atoms with Gasteiger partial charge in [0.05, 0.1) is 13.4 Å². The first-order chi connectivity index (χ1) is 14.3. The molecular formula is C25H36O5. The van der Waals surface area contributed by atoms with Crippen molar-refractivity contribution >= 4 is 11.9 Å². The van der Waals surface area contributed by atoms with E-state index >= 15 is 0 Å². The van der Waals surface area contributed by atoms with Crippen molar-refractivity contribution < 1.29 is 23.8 Å².